The van der Waals surface area contributed by atoms with Gasteiger partial charge in [0, 0.05) is 141 Å². The second-order valence-corrected chi connectivity index (χ2v) is 19.9. The van der Waals surface area contributed by atoms with Gasteiger partial charge in [0.25, 0.3) is 0 Å². The van der Waals surface area contributed by atoms with Crippen LogP contribution in [0.3, 0.4) is 0 Å². The van der Waals surface area contributed by atoms with E-state index in [0.29, 0.717) is 77.8 Å². The summed E-state index contributed by atoms with van der Waals surface area (Å²) in [5.41, 5.74) is 8.38. The average Bonchev–Trinajstić information content (AvgIpc) is 3.82. The number of benzene rings is 1. The molecule has 2 bridgehead atoms. The summed E-state index contributed by atoms with van der Waals surface area (Å²) >= 11 is 0. The number of fused-ring (bicyclic) bond motifs is 15. The molecule has 3 saturated heterocycles. The average molecular weight is 949 g/mol. The van der Waals surface area contributed by atoms with Gasteiger partial charge in [-0.15, -0.1) is 0 Å². The van der Waals surface area contributed by atoms with Crippen LogP contribution >= 0.6 is 0 Å². The van der Waals surface area contributed by atoms with Crippen LogP contribution < -0.4 is 53.6 Å². The zero-order valence-electron chi connectivity index (χ0n) is 41.6. The highest BCUT2D eigenvalue weighted by Crippen LogP contribution is 2.22. The quantitative estimate of drug-likeness (QED) is 0.0696. The largest absolute Gasteiger partial charge is 0.352 e. The van der Waals surface area contributed by atoms with Gasteiger partial charge in [0.1, 0.15) is 11.6 Å². The van der Waals surface area contributed by atoms with Gasteiger partial charge in [-0.1, -0.05) is 58.4 Å². The molecule has 3 fully saturated rings. The van der Waals surface area contributed by atoms with Crippen LogP contribution in [0, 0.1) is 23.7 Å². The number of carbonyl (C=O) groups excluding carboxylic acids is 6. The van der Waals surface area contributed by atoms with Crippen LogP contribution in [0.15, 0.2) is 36.8 Å². The van der Waals surface area contributed by atoms with E-state index in [1.165, 1.54) is 13.3 Å². The van der Waals surface area contributed by atoms with E-state index in [-0.39, 0.29) is 79.1 Å². The van der Waals surface area contributed by atoms with Crippen molar-refractivity contribution in [2.75, 3.05) is 78.5 Å². The van der Waals surface area contributed by atoms with Crippen LogP contribution in [-0.4, -0.2) is 141 Å². The summed E-state index contributed by atoms with van der Waals surface area (Å²) in [7, 11) is 0. The number of hydrogen-bond donors (Lipinski definition) is 11. The van der Waals surface area contributed by atoms with Crippen LogP contribution in [0.1, 0.15) is 103 Å². The number of imidazole rings is 1. The van der Waals surface area contributed by atoms with Crippen LogP contribution in [0.5, 0.6) is 0 Å². The minimum absolute atomic E-state index is 0.0208. The second kappa shape index (κ2) is 29.6. The van der Waals surface area contributed by atoms with Gasteiger partial charge in [0.15, 0.2) is 5.78 Å². The summed E-state index contributed by atoms with van der Waals surface area (Å²) in [6, 6.07) is 7.00. The Labute approximate surface area is 404 Å². The molecule has 0 spiro atoms. The van der Waals surface area contributed by atoms with E-state index in [0.717, 1.165) is 56.1 Å². The van der Waals surface area contributed by atoms with Crippen molar-refractivity contribution < 1.29 is 28.8 Å². The predicted molar refractivity (Wildman–Crippen MR) is 266 cm³/mol. The lowest BCUT2D eigenvalue weighted by Crippen LogP contribution is -2.67. The fraction of sp³-hybridized carbons (Fsp3) is 0.700. The van der Waals surface area contributed by atoms with Gasteiger partial charge >= 0.3 is 0 Å². The number of aromatic amines is 1. The number of carbonyl (C=O) groups is 6. The van der Waals surface area contributed by atoms with E-state index in [2.05, 4.69) is 57.8 Å². The standard InChI is InChI=1S/C50H84N12O6/c1-6-36(4)46(61-48(68)41(23-37(5)63)24-42-27-58-34-60-42)44(65)25-40(22-35(2)3)47(67)59-26-39-12-10-38(11-13-39)14-15-43(64)8-7-9-45(66)62-50-31-55-19-16-52-28-49(51,29-53-17-20-56-32-50)30-54-18-21-57-33-50/h10-13,27,34-36,40-41,46,52-57H,6-9,14-26,28-33,51H2,1-5H3,(H,58,60)(H,59,67)(H,61,68)(H,62,66)/t36?,40-,41+,46+,49?,50?/m1/s1. The molecule has 12 N–H and O–H groups in total. The first-order valence-corrected chi connectivity index (χ1v) is 25.1. The summed E-state index contributed by atoms with van der Waals surface area (Å²) < 4.78 is 0. The zero-order chi connectivity index (χ0) is 49.4. The molecule has 18 heteroatoms. The Morgan fingerprint density at radius 1 is 0.735 bits per heavy atom. The highest BCUT2D eigenvalue weighted by atomic mass is 16.2. The molecule has 1 aromatic heterocycles. The lowest BCUT2D eigenvalue weighted by molar-refractivity contribution is -0.135. The maximum atomic E-state index is 13.9. The van der Waals surface area contributed by atoms with Crippen molar-refractivity contribution in [2.24, 2.45) is 29.4 Å². The third kappa shape index (κ3) is 20.7. The number of aromatic nitrogens is 2. The third-order valence-electron chi connectivity index (χ3n) is 13.1. The number of Topliss-reactive ketones (excluding diaryl/α,β-unsaturated/α-hetero) is 3. The molecule has 5 rings (SSSR count). The Hall–Kier alpha value is -4.43. The van der Waals surface area contributed by atoms with Crippen LogP contribution in [0.4, 0.5) is 0 Å². The summed E-state index contributed by atoms with van der Waals surface area (Å²) in [4.78, 5) is 86.6. The summed E-state index contributed by atoms with van der Waals surface area (Å²) in [5.74, 6) is -2.17. The molecule has 1 unspecified atom stereocenters. The van der Waals surface area contributed by atoms with Gasteiger partial charge in [-0.2, -0.15) is 0 Å². The molecule has 0 saturated carbocycles. The van der Waals surface area contributed by atoms with Crippen LogP contribution in [0.25, 0.3) is 0 Å². The maximum Gasteiger partial charge on any atom is 0.224 e. The molecule has 68 heavy (non-hydrogen) atoms. The van der Waals surface area contributed by atoms with Crippen molar-refractivity contribution in [1.82, 2.24) is 57.8 Å². The molecular weight excluding hydrogens is 865 g/mol. The SMILES string of the molecule is CCC(C)[C@H](NC(=O)[C@@H](CC(C)=O)Cc1cnc[nH]1)C(=O)C[C@@H](CC(C)C)C(=O)NCc1ccc(CCC(=O)CCCC(=O)NC23CNCCNCC(N)(CNCCNC2)CNCCNC3)cc1. The van der Waals surface area contributed by atoms with E-state index in [4.69, 9.17) is 5.73 Å². The topological polar surface area (TPSA) is 265 Å². The van der Waals surface area contributed by atoms with Gasteiger partial charge in [-0.05, 0) is 49.1 Å². The van der Waals surface area contributed by atoms with Crippen molar-refractivity contribution in [1.29, 1.82) is 0 Å². The van der Waals surface area contributed by atoms with Crippen molar-refractivity contribution in [2.45, 2.75) is 122 Å². The smallest absolute Gasteiger partial charge is 0.224 e. The van der Waals surface area contributed by atoms with Crippen LogP contribution in [-0.2, 0) is 48.2 Å². The lowest BCUT2D eigenvalue weighted by Gasteiger charge is -2.37. The monoisotopic (exact) mass is 949 g/mol. The number of ketones is 3. The molecule has 380 valence electrons. The lowest BCUT2D eigenvalue weighted by atomic mass is 9.85. The highest BCUT2D eigenvalue weighted by Gasteiger charge is 2.34. The molecule has 0 radical (unpaired) electrons. The van der Waals surface area contributed by atoms with Crippen molar-refractivity contribution in [3.05, 3.63) is 53.6 Å². The second-order valence-electron chi connectivity index (χ2n) is 19.9. The Morgan fingerprint density at radius 2 is 1.31 bits per heavy atom. The number of nitrogens with two attached hydrogens (primary N) is 1. The predicted octanol–water partition coefficient (Wildman–Crippen LogP) is 0.806. The molecular formula is C50H84N12O6. The van der Waals surface area contributed by atoms with Crippen LogP contribution in [0.2, 0.25) is 0 Å². The number of rotatable bonds is 24. The van der Waals surface area contributed by atoms with Gasteiger partial charge in [-0.25, -0.2) is 4.98 Å². The molecule has 3 amide bonds. The molecule has 4 heterocycles. The Morgan fingerprint density at radius 3 is 1.84 bits per heavy atom. The third-order valence-corrected chi connectivity index (χ3v) is 13.1. The Kier molecular flexibility index (Phi) is 24.4. The van der Waals surface area contributed by atoms with Gasteiger partial charge in [0.05, 0.1) is 29.4 Å². The Bertz CT molecular complexity index is 1820. The summed E-state index contributed by atoms with van der Waals surface area (Å²) in [5, 5.41) is 30.4. The number of amides is 3. The number of hydrogen-bond acceptors (Lipinski definition) is 14. The fourth-order valence-electron chi connectivity index (χ4n) is 8.94. The molecule has 0 aliphatic carbocycles. The number of nitrogens with zero attached hydrogens (tertiary/aromatic N) is 1. The first-order valence-electron chi connectivity index (χ1n) is 25.1. The van der Waals surface area contributed by atoms with E-state index in [9.17, 15) is 28.8 Å². The molecule has 18 nitrogen and oxygen atoms in total. The molecule has 4 atom stereocenters. The molecule has 1 aromatic carbocycles. The van der Waals surface area contributed by atoms with Crippen molar-refractivity contribution >= 4 is 35.1 Å². The van der Waals surface area contributed by atoms with E-state index in [1.54, 1.807) is 6.20 Å². The first-order chi connectivity index (χ1) is 32.6. The van der Waals surface area contributed by atoms with E-state index < -0.39 is 29.0 Å². The van der Waals surface area contributed by atoms with Gasteiger partial charge < -0.3 is 63.4 Å². The summed E-state index contributed by atoms with van der Waals surface area (Å²) in [6.45, 7) is 17.9. The minimum atomic E-state index is -0.799. The van der Waals surface area contributed by atoms with Crippen molar-refractivity contribution in [3.8, 4) is 0 Å². The van der Waals surface area contributed by atoms with Crippen molar-refractivity contribution in [3.63, 3.8) is 0 Å². The number of nitrogens with one attached hydrogen (secondary N) is 10. The Balaban J connectivity index is 1.24. The zero-order valence-corrected chi connectivity index (χ0v) is 41.6. The molecule has 3 aliphatic rings. The summed E-state index contributed by atoms with van der Waals surface area (Å²) in [6.07, 6.45) is 6.57. The number of aryl methyl sites for hydroxylation is 1. The van der Waals surface area contributed by atoms with E-state index >= 15 is 0 Å². The highest BCUT2D eigenvalue weighted by molar-refractivity contribution is 5.94. The maximum absolute atomic E-state index is 13.9. The fourth-order valence-corrected chi connectivity index (χ4v) is 8.94. The van der Waals surface area contributed by atoms with Gasteiger partial charge in [0.2, 0.25) is 17.7 Å². The minimum Gasteiger partial charge on any atom is -0.352 e. The van der Waals surface area contributed by atoms with Gasteiger partial charge in [-0.3, -0.25) is 24.0 Å². The van der Waals surface area contributed by atoms with E-state index in [1.807, 2.05) is 52.0 Å². The molecule has 2 aromatic rings. The normalized spacial score (nSPS) is 21.6. The molecule has 3 aliphatic heterocycles. The first kappa shape index (κ1) is 56.2. The number of H-pyrrole nitrogens is 1.